The van der Waals surface area contributed by atoms with Gasteiger partial charge in [-0.05, 0) is 12.8 Å². The van der Waals surface area contributed by atoms with Crippen LogP contribution in [0.3, 0.4) is 0 Å². The minimum Gasteiger partial charge on any atom is -0.481 e. The molecule has 10 heavy (non-hydrogen) atoms. The van der Waals surface area contributed by atoms with Crippen LogP contribution in [0.5, 0.6) is 0 Å². The van der Waals surface area contributed by atoms with E-state index in [0.29, 0.717) is 0 Å². The maximum absolute atomic E-state index is 10.2. The summed E-state index contributed by atoms with van der Waals surface area (Å²) in [6.07, 6.45) is 3.95. The van der Waals surface area contributed by atoms with Crippen LogP contribution in [-0.4, -0.2) is 11.1 Å². The van der Waals surface area contributed by atoms with E-state index in [4.69, 9.17) is 5.11 Å². The quantitative estimate of drug-likeness (QED) is 0.611. The highest BCUT2D eigenvalue weighted by Gasteiger charge is 1.99. The Morgan fingerprint density at radius 3 is 2.40 bits per heavy atom. The van der Waals surface area contributed by atoms with E-state index in [1.165, 1.54) is 0 Å². The lowest BCUT2D eigenvalue weighted by molar-refractivity contribution is -0.136. The highest BCUT2D eigenvalue weighted by Crippen LogP contribution is 2.06. The SMILES string of the molecule is CC/C=C(\CC)CC(=O)O. The summed E-state index contributed by atoms with van der Waals surface area (Å²) in [4.78, 5) is 10.2. The lowest BCUT2D eigenvalue weighted by Crippen LogP contribution is -1.96. The molecule has 0 atom stereocenters. The van der Waals surface area contributed by atoms with E-state index in [9.17, 15) is 4.79 Å². The highest BCUT2D eigenvalue weighted by molar-refractivity contribution is 5.69. The normalized spacial score (nSPS) is 11.6. The highest BCUT2D eigenvalue weighted by atomic mass is 16.4. The first-order valence-electron chi connectivity index (χ1n) is 3.60. The third kappa shape index (κ3) is 4.13. The number of carboxylic acids is 1. The minimum atomic E-state index is -0.735. The first-order valence-corrected chi connectivity index (χ1v) is 3.60. The summed E-state index contributed by atoms with van der Waals surface area (Å²) < 4.78 is 0. The van der Waals surface area contributed by atoms with Crippen LogP contribution < -0.4 is 0 Å². The summed E-state index contributed by atoms with van der Waals surface area (Å²) in [5.74, 6) is -0.735. The summed E-state index contributed by atoms with van der Waals surface area (Å²) in [6, 6.07) is 0. The molecule has 0 rings (SSSR count). The van der Waals surface area contributed by atoms with Gasteiger partial charge in [0.25, 0.3) is 0 Å². The van der Waals surface area contributed by atoms with Crippen molar-refractivity contribution in [1.29, 1.82) is 0 Å². The lowest BCUT2D eigenvalue weighted by Gasteiger charge is -1.97. The molecule has 0 saturated carbocycles. The molecule has 0 spiro atoms. The summed E-state index contributed by atoms with van der Waals surface area (Å²) in [7, 11) is 0. The van der Waals surface area contributed by atoms with Crippen LogP contribution in [0.1, 0.15) is 33.1 Å². The van der Waals surface area contributed by atoms with Crippen molar-refractivity contribution in [2.75, 3.05) is 0 Å². The largest absolute Gasteiger partial charge is 0.481 e. The van der Waals surface area contributed by atoms with Crippen molar-refractivity contribution in [2.24, 2.45) is 0 Å². The molecule has 2 heteroatoms. The third-order valence-electron chi connectivity index (χ3n) is 1.33. The predicted octanol–water partition coefficient (Wildman–Crippen LogP) is 2.21. The summed E-state index contributed by atoms with van der Waals surface area (Å²) in [5, 5.41) is 8.40. The smallest absolute Gasteiger partial charge is 0.307 e. The van der Waals surface area contributed by atoms with Crippen molar-refractivity contribution in [1.82, 2.24) is 0 Å². The Hall–Kier alpha value is -0.790. The fraction of sp³-hybridized carbons (Fsp3) is 0.625. The fourth-order valence-electron chi connectivity index (χ4n) is 0.824. The zero-order valence-corrected chi connectivity index (χ0v) is 6.55. The molecular formula is C8H14O2. The summed E-state index contributed by atoms with van der Waals surface area (Å²) in [5.41, 5.74) is 1.02. The molecule has 0 fully saturated rings. The topological polar surface area (TPSA) is 37.3 Å². The average molecular weight is 142 g/mol. The van der Waals surface area contributed by atoms with Gasteiger partial charge in [-0.1, -0.05) is 25.5 Å². The van der Waals surface area contributed by atoms with E-state index in [1.54, 1.807) is 0 Å². The number of hydrogen-bond donors (Lipinski definition) is 1. The lowest BCUT2D eigenvalue weighted by atomic mass is 10.1. The van der Waals surface area contributed by atoms with E-state index in [0.717, 1.165) is 18.4 Å². The van der Waals surface area contributed by atoms with Crippen LogP contribution in [0.4, 0.5) is 0 Å². The van der Waals surface area contributed by atoms with Crippen molar-refractivity contribution in [2.45, 2.75) is 33.1 Å². The molecule has 0 aromatic rings. The maximum atomic E-state index is 10.2. The molecule has 0 aromatic heterocycles. The Labute approximate surface area is 61.6 Å². The fourth-order valence-corrected chi connectivity index (χ4v) is 0.824. The molecule has 0 aliphatic carbocycles. The van der Waals surface area contributed by atoms with Gasteiger partial charge >= 0.3 is 5.97 Å². The molecule has 0 radical (unpaired) electrons. The molecule has 0 amide bonds. The van der Waals surface area contributed by atoms with Gasteiger partial charge in [-0.15, -0.1) is 0 Å². The number of carboxylic acid groups (broad SMARTS) is 1. The van der Waals surface area contributed by atoms with Gasteiger partial charge in [-0.3, -0.25) is 4.79 Å². The second-order valence-corrected chi connectivity index (χ2v) is 2.19. The number of rotatable bonds is 4. The number of carbonyl (C=O) groups is 1. The molecule has 0 aromatic carbocycles. The van der Waals surface area contributed by atoms with E-state index in [2.05, 4.69) is 0 Å². The molecule has 0 bridgehead atoms. The third-order valence-corrected chi connectivity index (χ3v) is 1.33. The van der Waals surface area contributed by atoms with Crippen LogP contribution in [0.2, 0.25) is 0 Å². The number of allylic oxidation sites excluding steroid dienone is 1. The van der Waals surface area contributed by atoms with Crippen molar-refractivity contribution >= 4 is 5.97 Å². The first kappa shape index (κ1) is 9.21. The molecule has 2 nitrogen and oxygen atoms in total. The van der Waals surface area contributed by atoms with Crippen molar-refractivity contribution < 1.29 is 9.90 Å². The van der Waals surface area contributed by atoms with Gasteiger partial charge in [-0.25, -0.2) is 0 Å². The number of aliphatic carboxylic acids is 1. The van der Waals surface area contributed by atoms with Crippen LogP contribution >= 0.6 is 0 Å². The molecule has 1 N–H and O–H groups in total. The molecule has 0 aliphatic rings. The van der Waals surface area contributed by atoms with Gasteiger partial charge in [0.1, 0.15) is 0 Å². The van der Waals surface area contributed by atoms with Gasteiger partial charge in [0.05, 0.1) is 6.42 Å². The van der Waals surface area contributed by atoms with Crippen LogP contribution in [0.25, 0.3) is 0 Å². The summed E-state index contributed by atoms with van der Waals surface area (Å²) >= 11 is 0. The van der Waals surface area contributed by atoms with Crippen molar-refractivity contribution in [3.63, 3.8) is 0 Å². The van der Waals surface area contributed by atoms with Gasteiger partial charge < -0.3 is 5.11 Å². The molecule has 0 unspecified atom stereocenters. The van der Waals surface area contributed by atoms with Crippen molar-refractivity contribution in [3.8, 4) is 0 Å². The zero-order valence-electron chi connectivity index (χ0n) is 6.55. The monoisotopic (exact) mass is 142 g/mol. The molecule has 0 heterocycles. The number of hydrogen-bond acceptors (Lipinski definition) is 1. The molecule has 58 valence electrons. The molecule has 0 saturated heterocycles. The van der Waals surface area contributed by atoms with Gasteiger partial charge in [0.15, 0.2) is 0 Å². The first-order chi connectivity index (χ1) is 4.70. The van der Waals surface area contributed by atoms with Gasteiger partial charge in [0, 0.05) is 0 Å². The Morgan fingerprint density at radius 2 is 2.10 bits per heavy atom. The van der Waals surface area contributed by atoms with E-state index in [1.807, 2.05) is 19.9 Å². The summed E-state index contributed by atoms with van der Waals surface area (Å²) in [6.45, 7) is 3.99. The maximum Gasteiger partial charge on any atom is 0.307 e. The zero-order chi connectivity index (χ0) is 7.98. The van der Waals surface area contributed by atoms with Gasteiger partial charge in [-0.2, -0.15) is 0 Å². The standard InChI is InChI=1S/C8H14O2/c1-3-5-7(4-2)6-8(9)10/h5H,3-4,6H2,1-2H3,(H,9,10)/b7-5+. The Kier molecular flexibility index (Phi) is 4.63. The van der Waals surface area contributed by atoms with E-state index < -0.39 is 5.97 Å². The van der Waals surface area contributed by atoms with E-state index in [-0.39, 0.29) is 6.42 Å². The predicted molar refractivity (Wildman–Crippen MR) is 40.9 cm³/mol. The average Bonchev–Trinajstić information content (AvgIpc) is 1.86. The van der Waals surface area contributed by atoms with Crippen LogP contribution in [0, 0.1) is 0 Å². The van der Waals surface area contributed by atoms with Crippen LogP contribution in [0.15, 0.2) is 11.6 Å². The Bertz CT molecular complexity index is 136. The molecule has 0 aliphatic heterocycles. The van der Waals surface area contributed by atoms with E-state index >= 15 is 0 Å². The molecular weight excluding hydrogens is 128 g/mol. The Morgan fingerprint density at radius 1 is 1.50 bits per heavy atom. The second-order valence-electron chi connectivity index (χ2n) is 2.19. The Balaban J connectivity index is 3.83. The van der Waals surface area contributed by atoms with Gasteiger partial charge in [0.2, 0.25) is 0 Å². The van der Waals surface area contributed by atoms with Crippen LogP contribution in [-0.2, 0) is 4.79 Å². The van der Waals surface area contributed by atoms with Crippen molar-refractivity contribution in [3.05, 3.63) is 11.6 Å². The minimum absolute atomic E-state index is 0.199. The second kappa shape index (κ2) is 5.03.